The molecule has 0 aromatic heterocycles. The Labute approximate surface area is 79.4 Å². The Morgan fingerprint density at radius 1 is 1.38 bits per heavy atom. The molecule has 13 heavy (non-hydrogen) atoms. The van der Waals surface area contributed by atoms with Gasteiger partial charge in [0.25, 0.3) is 0 Å². The van der Waals surface area contributed by atoms with Crippen molar-refractivity contribution in [3.63, 3.8) is 0 Å². The van der Waals surface area contributed by atoms with Crippen molar-refractivity contribution in [2.24, 2.45) is 0 Å². The van der Waals surface area contributed by atoms with Gasteiger partial charge in [0.15, 0.2) is 0 Å². The molecule has 0 saturated carbocycles. The van der Waals surface area contributed by atoms with Crippen LogP contribution in [0.1, 0.15) is 18.1 Å². The summed E-state index contributed by atoms with van der Waals surface area (Å²) in [6.07, 6.45) is 1.17. The van der Waals surface area contributed by atoms with Crippen molar-refractivity contribution in [1.29, 1.82) is 0 Å². The lowest BCUT2D eigenvalue weighted by molar-refractivity contribution is 0.268. The second-order valence-corrected chi connectivity index (χ2v) is 3.65. The van der Waals surface area contributed by atoms with Crippen molar-refractivity contribution in [2.45, 2.75) is 19.9 Å². The normalized spacial score (nSPS) is 17.0. The molecule has 1 heterocycles. The molecule has 1 aliphatic rings. The minimum absolute atomic E-state index is 0.886. The highest BCUT2D eigenvalue weighted by Gasteiger charge is 2.14. The van der Waals surface area contributed by atoms with Gasteiger partial charge in [-0.05, 0) is 36.2 Å². The molecule has 0 spiro atoms. The van der Waals surface area contributed by atoms with Gasteiger partial charge in [0.1, 0.15) is 0 Å². The highest BCUT2D eigenvalue weighted by molar-refractivity contribution is 5.45. The first kappa shape index (κ1) is 8.57. The summed E-state index contributed by atoms with van der Waals surface area (Å²) in [4.78, 5) is 2.45. The standard InChI is InChI=1S/C11H16N2/c1-2-13-6-5-9-3-4-11(12)7-10(9)8-13/h3-4,7H,2,5-6,8,12H2,1H3. The predicted octanol–water partition coefficient (Wildman–Crippen LogP) is 1.65. The molecule has 2 heteroatoms. The monoisotopic (exact) mass is 176 g/mol. The largest absolute Gasteiger partial charge is 0.399 e. The van der Waals surface area contributed by atoms with Gasteiger partial charge >= 0.3 is 0 Å². The van der Waals surface area contributed by atoms with E-state index < -0.39 is 0 Å². The third kappa shape index (κ3) is 1.68. The van der Waals surface area contributed by atoms with Gasteiger partial charge in [-0.2, -0.15) is 0 Å². The van der Waals surface area contributed by atoms with E-state index >= 15 is 0 Å². The minimum Gasteiger partial charge on any atom is -0.399 e. The SMILES string of the molecule is CCN1CCc2ccc(N)cc2C1. The average molecular weight is 176 g/mol. The van der Waals surface area contributed by atoms with E-state index in [0.29, 0.717) is 0 Å². The molecular weight excluding hydrogens is 160 g/mol. The quantitative estimate of drug-likeness (QED) is 0.659. The summed E-state index contributed by atoms with van der Waals surface area (Å²) in [6, 6.07) is 6.27. The van der Waals surface area contributed by atoms with Gasteiger partial charge < -0.3 is 5.73 Å². The van der Waals surface area contributed by atoms with Crippen LogP contribution in [-0.2, 0) is 13.0 Å². The topological polar surface area (TPSA) is 29.3 Å². The van der Waals surface area contributed by atoms with E-state index in [2.05, 4.69) is 24.0 Å². The summed E-state index contributed by atoms with van der Waals surface area (Å²) in [5.74, 6) is 0. The molecule has 0 bridgehead atoms. The van der Waals surface area contributed by atoms with Crippen LogP contribution in [0.25, 0.3) is 0 Å². The number of hydrogen-bond acceptors (Lipinski definition) is 2. The lowest BCUT2D eigenvalue weighted by atomic mass is 9.99. The molecule has 0 atom stereocenters. The second-order valence-electron chi connectivity index (χ2n) is 3.65. The smallest absolute Gasteiger partial charge is 0.0317 e. The van der Waals surface area contributed by atoms with E-state index in [-0.39, 0.29) is 0 Å². The number of hydrogen-bond donors (Lipinski definition) is 1. The van der Waals surface area contributed by atoms with Gasteiger partial charge in [-0.1, -0.05) is 13.0 Å². The molecule has 2 rings (SSSR count). The fourth-order valence-corrected chi connectivity index (χ4v) is 1.91. The maximum Gasteiger partial charge on any atom is 0.0317 e. The lowest BCUT2D eigenvalue weighted by Gasteiger charge is -2.27. The minimum atomic E-state index is 0.886. The molecule has 1 aliphatic heterocycles. The van der Waals surface area contributed by atoms with Gasteiger partial charge in [-0.3, -0.25) is 4.90 Å². The van der Waals surface area contributed by atoms with Gasteiger partial charge in [-0.15, -0.1) is 0 Å². The molecule has 1 aromatic carbocycles. The average Bonchev–Trinajstić information content (AvgIpc) is 2.16. The molecule has 0 amide bonds. The van der Waals surface area contributed by atoms with Crippen molar-refractivity contribution in [3.8, 4) is 0 Å². The maximum atomic E-state index is 5.75. The zero-order chi connectivity index (χ0) is 9.26. The van der Waals surface area contributed by atoms with Crippen LogP contribution in [0.5, 0.6) is 0 Å². The predicted molar refractivity (Wildman–Crippen MR) is 55.5 cm³/mol. The Kier molecular flexibility index (Phi) is 2.23. The third-order valence-corrected chi connectivity index (χ3v) is 2.77. The van der Waals surface area contributed by atoms with Crippen molar-refractivity contribution in [2.75, 3.05) is 18.8 Å². The van der Waals surface area contributed by atoms with E-state index in [1.54, 1.807) is 0 Å². The number of benzene rings is 1. The fourth-order valence-electron chi connectivity index (χ4n) is 1.91. The Balaban J connectivity index is 2.27. The number of fused-ring (bicyclic) bond motifs is 1. The summed E-state index contributed by atoms with van der Waals surface area (Å²) in [5, 5.41) is 0. The summed E-state index contributed by atoms with van der Waals surface area (Å²) in [6.45, 7) is 5.59. The maximum absolute atomic E-state index is 5.75. The van der Waals surface area contributed by atoms with Gasteiger partial charge in [-0.25, -0.2) is 0 Å². The summed E-state index contributed by atoms with van der Waals surface area (Å²) < 4.78 is 0. The van der Waals surface area contributed by atoms with Crippen molar-refractivity contribution in [3.05, 3.63) is 29.3 Å². The van der Waals surface area contributed by atoms with E-state index in [0.717, 1.165) is 18.8 Å². The second kappa shape index (κ2) is 3.38. The van der Waals surface area contributed by atoms with E-state index in [4.69, 9.17) is 5.73 Å². The Bertz CT molecular complexity index is 307. The lowest BCUT2D eigenvalue weighted by Crippen LogP contribution is -2.30. The molecule has 2 nitrogen and oxygen atoms in total. The molecule has 0 aliphatic carbocycles. The van der Waals surface area contributed by atoms with Crippen molar-refractivity contribution < 1.29 is 0 Å². The number of anilines is 1. The molecule has 0 unspecified atom stereocenters. The summed E-state index contributed by atoms with van der Waals surface area (Å²) >= 11 is 0. The first-order chi connectivity index (χ1) is 6.29. The first-order valence-electron chi connectivity index (χ1n) is 4.89. The van der Waals surface area contributed by atoms with Crippen molar-refractivity contribution in [1.82, 2.24) is 4.90 Å². The van der Waals surface area contributed by atoms with Crippen LogP contribution < -0.4 is 5.73 Å². The highest BCUT2D eigenvalue weighted by Crippen LogP contribution is 2.20. The summed E-state index contributed by atoms with van der Waals surface area (Å²) in [5.41, 5.74) is 9.52. The number of rotatable bonds is 1. The van der Waals surface area contributed by atoms with Crippen LogP contribution >= 0.6 is 0 Å². The molecule has 0 saturated heterocycles. The zero-order valence-corrected chi connectivity index (χ0v) is 8.09. The summed E-state index contributed by atoms with van der Waals surface area (Å²) in [7, 11) is 0. The van der Waals surface area contributed by atoms with Crippen LogP contribution in [0.4, 0.5) is 5.69 Å². The Morgan fingerprint density at radius 3 is 3.00 bits per heavy atom. The molecule has 2 N–H and O–H groups in total. The highest BCUT2D eigenvalue weighted by atomic mass is 15.1. The van der Waals surface area contributed by atoms with Crippen LogP contribution in [0, 0.1) is 0 Å². The molecule has 0 radical (unpaired) electrons. The number of likely N-dealkylation sites (N-methyl/N-ethyl adjacent to an activating group) is 1. The van der Waals surface area contributed by atoms with Crippen molar-refractivity contribution >= 4 is 5.69 Å². The van der Waals surface area contributed by atoms with E-state index in [9.17, 15) is 0 Å². The van der Waals surface area contributed by atoms with Gasteiger partial charge in [0, 0.05) is 18.8 Å². The van der Waals surface area contributed by atoms with E-state index in [1.807, 2.05) is 6.07 Å². The number of nitrogens with zero attached hydrogens (tertiary/aromatic N) is 1. The first-order valence-corrected chi connectivity index (χ1v) is 4.89. The van der Waals surface area contributed by atoms with Crippen LogP contribution in [0.2, 0.25) is 0 Å². The zero-order valence-electron chi connectivity index (χ0n) is 8.09. The van der Waals surface area contributed by atoms with E-state index in [1.165, 1.54) is 24.1 Å². The molecule has 0 fully saturated rings. The van der Waals surface area contributed by atoms with Gasteiger partial charge in [0.2, 0.25) is 0 Å². The van der Waals surface area contributed by atoms with Crippen LogP contribution in [0.15, 0.2) is 18.2 Å². The number of nitrogen functional groups attached to an aromatic ring is 1. The molecular formula is C11H16N2. The van der Waals surface area contributed by atoms with Crippen LogP contribution in [0.3, 0.4) is 0 Å². The van der Waals surface area contributed by atoms with Crippen LogP contribution in [-0.4, -0.2) is 18.0 Å². The molecule has 1 aromatic rings. The Morgan fingerprint density at radius 2 is 2.23 bits per heavy atom. The third-order valence-electron chi connectivity index (χ3n) is 2.77. The Hall–Kier alpha value is -1.02. The van der Waals surface area contributed by atoms with Gasteiger partial charge in [0.05, 0.1) is 0 Å². The number of nitrogens with two attached hydrogens (primary N) is 1. The molecule has 70 valence electrons. The fraction of sp³-hybridized carbons (Fsp3) is 0.455.